The maximum atomic E-state index is 12.4. The third kappa shape index (κ3) is 5.33. The molecule has 7 heteroatoms. The van der Waals surface area contributed by atoms with E-state index < -0.39 is 12.7 Å². The number of alkyl halides is 3. The molecule has 1 heterocycles. The molecule has 122 valence electrons. The fourth-order valence-electron chi connectivity index (χ4n) is 2.80. The molecule has 0 aliphatic carbocycles. The van der Waals surface area contributed by atoms with E-state index in [0.29, 0.717) is 32.5 Å². The third-order valence-electron chi connectivity index (χ3n) is 3.99. The molecule has 0 spiro atoms. The zero-order chi connectivity index (χ0) is 13.9. The van der Waals surface area contributed by atoms with Crippen molar-refractivity contribution in [3.8, 4) is 0 Å². The van der Waals surface area contributed by atoms with Gasteiger partial charge in [0.2, 0.25) is 0 Å². The quantitative estimate of drug-likeness (QED) is 0.910. The van der Waals surface area contributed by atoms with Gasteiger partial charge < -0.3 is 5.73 Å². The lowest BCUT2D eigenvalue weighted by Crippen LogP contribution is -2.48. The molecule has 0 unspecified atom stereocenters. The first kappa shape index (κ1) is 20.5. The van der Waals surface area contributed by atoms with Crippen molar-refractivity contribution in [2.24, 2.45) is 5.73 Å². The van der Waals surface area contributed by atoms with Crippen LogP contribution in [0.2, 0.25) is 0 Å². The summed E-state index contributed by atoms with van der Waals surface area (Å²) in [6, 6.07) is 9.88. The Morgan fingerprint density at radius 3 is 2.00 bits per heavy atom. The molecule has 0 atom stereocenters. The van der Waals surface area contributed by atoms with Crippen LogP contribution in [0.3, 0.4) is 0 Å². The van der Waals surface area contributed by atoms with E-state index in [4.69, 9.17) is 5.73 Å². The van der Waals surface area contributed by atoms with Crippen LogP contribution in [0.4, 0.5) is 13.2 Å². The molecule has 0 bridgehead atoms. The number of halogens is 5. The van der Waals surface area contributed by atoms with Crippen LogP contribution in [0.25, 0.3) is 0 Å². The fraction of sp³-hybridized carbons (Fsp3) is 0.571. The van der Waals surface area contributed by atoms with Crippen molar-refractivity contribution in [1.82, 2.24) is 4.90 Å². The lowest BCUT2D eigenvalue weighted by molar-refractivity contribution is -0.149. The van der Waals surface area contributed by atoms with Crippen molar-refractivity contribution in [2.75, 3.05) is 26.2 Å². The van der Waals surface area contributed by atoms with Crippen molar-refractivity contribution < 1.29 is 13.2 Å². The zero-order valence-electron chi connectivity index (χ0n) is 11.6. The highest BCUT2D eigenvalue weighted by atomic mass is 35.5. The van der Waals surface area contributed by atoms with E-state index in [1.54, 1.807) is 0 Å². The summed E-state index contributed by atoms with van der Waals surface area (Å²) in [5.41, 5.74) is 6.88. The number of nitrogens with zero attached hydrogens (tertiary/aromatic N) is 1. The summed E-state index contributed by atoms with van der Waals surface area (Å²) in [6.07, 6.45) is -2.75. The van der Waals surface area contributed by atoms with Crippen LogP contribution in [0.5, 0.6) is 0 Å². The van der Waals surface area contributed by atoms with Crippen LogP contribution in [0, 0.1) is 0 Å². The van der Waals surface area contributed by atoms with Gasteiger partial charge in [0.05, 0.1) is 6.54 Å². The molecule has 1 fully saturated rings. The van der Waals surface area contributed by atoms with Crippen molar-refractivity contribution in [3.63, 3.8) is 0 Å². The molecule has 21 heavy (non-hydrogen) atoms. The minimum absolute atomic E-state index is 0. The van der Waals surface area contributed by atoms with E-state index in [-0.39, 0.29) is 30.2 Å². The predicted octanol–water partition coefficient (Wildman–Crippen LogP) is 3.38. The molecule has 1 aromatic carbocycles. The average Bonchev–Trinajstić information content (AvgIpc) is 2.39. The average molecular weight is 345 g/mol. The van der Waals surface area contributed by atoms with Crippen LogP contribution >= 0.6 is 24.8 Å². The third-order valence-corrected chi connectivity index (χ3v) is 3.99. The first-order chi connectivity index (χ1) is 8.95. The zero-order valence-corrected chi connectivity index (χ0v) is 13.2. The Balaban J connectivity index is 0.00000200. The first-order valence-corrected chi connectivity index (χ1v) is 6.50. The Morgan fingerprint density at radius 2 is 1.57 bits per heavy atom. The summed E-state index contributed by atoms with van der Waals surface area (Å²) in [6.45, 7) is 0.566. The lowest BCUT2D eigenvalue weighted by Gasteiger charge is -2.41. The molecule has 2 N–H and O–H groups in total. The van der Waals surface area contributed by atoms with Crippen molar-refractivity contribution in [3.05, 3.63) is 35.9 Å². The number of piperidine rings is 1. The topological polar surface area (TPSA) is 29.3 Å². The maximum Gasteiger partial charge on any atom is 0.401 e. The molecule has 0 saturated carbocycles. The SMILES string of the molecule is Cl.Cl.NCC1(c2ccccc2)CCN(CC(F)(F)F)CC1. The van der Waals surface area contributed by atoms with Gasteiger partial charge in [-0.05, 0) is 31.5 Å². The van der Waals surface area contributed by atoms with Gasteiger partial charge in [0, 0.05) is 12.0 Å². The van der Waals surface area contributed by atoms with Crippen molar-refractivity contribution >= 4 is 24.8 Å². The van der Waals surface area contributed by atoms with E-state index in [0.717, 1.165) is 5.56 Å². The van der Waals surface area contributed by atoms with Crippen molar-refractivity contribution in [1.29, 1.82) is 0 Å². The molecule has 1 aromatic rings. The van der Waals surface area contributed by atoms with Crippen LogP contribution < -0.4 is 5.73 Å². The highest BCUT2D eigenvalue weighted by Gasteiger charge is 2.38. The minimum atomic E-state index is -4.12. The molecule has 2 nitrogen and oxygen atoms in total. The van der Waals surface area contributed by atoms with Gasteiger partial charge >= 0.3 is 6.18 Å². The fourth-order valence-corrected chi connectivity index (χ4v) is 2.80. The van der Waals surface area contributed by atoms with Gasteiger partial charge in [0.15, 0.2) is 0 Å². The molecular weight excluding hydrogens is 324 g/mol. The van der Waals surface area contributed by atoms with Gasteiger partial charge in [-0.1, -0.05) is 30.3 Å². The van der Waals surface area contributed by atoms with Gasteiger partial charge in [-0.2, -0.15) is 13.2 Å². The smallest absolute Gasteiger partial charge is 0.330 e. The Hall–Kier alpha value is -0.490. The predicted molar refractivity (Wildman–Crippen MR) is 83.4 cm³/mol. The van der Waals surface area contributed by atoms with E-state index in [1.165, 1.54) is 4.90 Å². The number of hydrogen-bond acceptors (Lipinski definition) is 2. The maximum absolute atomic E-state index is 12.4. The Labute approximate surface area is 135 Å². The second-order valence-electron chi connectivity index (χ2n) is 5.24. The van der Waals surface area contributed by atoms with Crippen LogP contribution in [-0.2, 0) is 5.41 Å². The summed E-state index contributed by atoms with van der Waals surface area (Å²) in [4.78, 5) is 1.47. The normalized spacial score (nSPS) is 18.5. The lowest BCUT2D eigenvalue weighted by atomic mass is 9.73. The summed E-state index contributed by atoms with van der Waals surface area (Å²) < 4.78 is 37.1. The van der Waals surface area contributed by atoms with Crippen LogP contribution in [0.15, 0.2) is 30.3 Å². The van der Waals surface area contributed by atoms with Gasteiger partial charge in [0.1, 0.15) is 0 Å². The highest BCUT2D eigenvalue weighted by Crippen LogP contribution is 2.35. The molecule has 2 rings (SSSR count). The first-order valence-electron chi connectivity index (χ1n) is 6.50. The summed E-state index contributed by atoms with van der Waals surface area (Å²) in [7, 11) is 0. The van der Waals surface area contributed by atoms with Crippen LogP contribution in [0.1, 0.15) is 18.4 Å². The largest absolute Gasteiger partial charge is 0.401 e. The molecular formula is C14H21Cl2F3N2. The minimum Gasteiger partial charge on any atom is -0.330 e. The van der Waals surface area contributed by atoms with E-state index in [9.17, 15) is 13.2 Å². The molecule has 1 saturated heterocycles. The summed E-state index contributed by atoms with van der Waals surface area (Å²) in [5.74, 6) is 0. The molecule has 0 aromatic heterocycles. The number of hydrogen-bond donors (Lipinski definition) is 1. The van der Waals surface area contributed by atoms with Crippen LogP contribution in [-0.4, -0.2) is 37.3 Å². The molecule has 1 aliphatic rings. The summed E-state index contributed by atoms with van der Waals surface area (Å²) in [5, 5.41) is 0. The van der Waals surface area contributed by atoms with Gasteiger partial charge in [0.25, 0.3) is 0 Å². The molecule has 1 aliphatic heterocycles. The summed E-state index contributed by atoms with van der Waals surface area (Å²) >= 11 is 0. The monoisotopic (exact) mass is 344 g/mol. The van der Waals surface area contributed by atoms with E-state index >= 15 is 0 Å². The number of benzene rings is 1. The van der Waals surface area contributed by atoms with Gasteiger partial charge in [-0.3, -0.25) is 4.90 Å². The molecule has 0 radical (unpaired) electrons. The Kier molecular flexibility index (Phi) is 8.03. The van der Waals surface area contributed by atoms with Gasteiger partial charge in [-0.25, -0.2) is 0 Å². The Morgan fingerprint density at radius 1 is 1.05 bits per heavy atom. The van der Waals surface area contributed by atoms with Crippen molar-refractivity contribution in [2.45, 2.75) is 24.4 Å². The Bertz CT molecular complexity index is 404. The van der Waals surface area contributed by atoms with Gasteiger partial charge in [-0.15, -0.1) is 24.8 Å². The molecule has 0 amide bonds. The second-order valence-corrected chi connectivity index (χ2v) is 5.24. The highest BCUT2D eigenvalue weighted by molar-refractivity contribution is 5.85. The van der Waals surface area contributed by atoms with E-state index in [2.05, 4.69) is 0 Å². The number of rotatable bonds is 3. The number of nitrogens with two attached hydrogens (primary N) is 1. The second kappa shape index (κ2) is 8.22. The van der Waals surface area contributed by atoms with E-state index in [1.807, 2.05) is 30.3 Å². The standard InChI is InChI=1S/C14H19F3N2.2ClH/c15-14(16,17)11-19-8-6-13(10-18,7-9-19)12-4-2-1-3-5-12;;/h1-5H,6-11,18H2;2*1H. The number of likely N-dealkylation sites (tertiary alicyclic amines) is 1.